The van der Waals surface area contributed by atoms with Crippen LogP contribution in [0.5, 0.6) is 0 Å². The highest BCUT2D eigenvalue weighted by Crippen LogP contribution is 2.21. The molecule has 0 aromatic heterocycles. The topological polar surface area (TPSA) is 20.3 Å². The van der Waals surface area contributed by atoms with Crippen LogP contribution in [0.3, 0.4) is 0 Å². The van der Waals surface area contributed by atoms with Gasteiger partial charge in [0.1, 0.15) is 0 Å². The molecule has 2 nitrogen and oxygen atoms in total. The standard InChI is InChI=1S/C14H25NO/c1-12(2)11-13(16)14(3,4)15-9-7-5-6-8-10-15/h11H,5-10H2,1-4H3. The lowest BCUT2D eigenvalue weighted by Crippen LogP contribution is -2.49. The molecule has 1 aliphatic heterocycles. The van der Waals surface area contributed by atoms with Crippen LogP contribution in [-0.2, 0) is 4.79 Å². The van der Waals surface area contributed by atoms with Gasteiger partial charge in [-0.1, -0.05) is 18.4 Å². The minimum Gasteiger partial charge on any atom is -0.293 e. The lowest BCUT2D eigenvalue weighted by Gasteiger charge is -2.35. The molecule has 1 saturated heterocycles. The molecule has 0 bridgehead atoms. The van der Waals surface area contributed by atoms with Gasteiger partial charge in [-0.3, -0.25) is 9.69 Å². The molecule has 1 rings (SSSR count). The Hall–Kier alpha value is -0.630. The fraction of sp³-hybridized carbons (Fsp3) is 0.786. The molecule has 0 aromatic carbocycles. The van der Waals surface area contributed by atoms with Gasteiger partial charge < -0.3 is 0 Å². The van der Waals surface area contributed by atoms with Crippen molar-refractivity contribution in [3.8, 4) is 0 Å². The minimum absolute atomic E-state index is 0.245. The lowest BCUT2D eigenvalue weighted by molar-refractivity contribution is -0.124. The minimum atomic E-state index is -0.332. The summed E-state index contributed by atoms with van der Waals surface area (Å²) in [5, 5.41) is 0. The van der Waals surface area contributed by atoms with Gasteiger partial charge in [0, 0.05) is 0 Å². The molecular weight excluding hydrogens is 198 g/mol. The van der Waals surface area contributed by atoms with Crippen molar-refractivity contribution >= 4 is 5.78 Å². The number of carbonyl (C=O) groups is 1. The number of rotatable bonds is 3. The second-order valence-electron chi connectivity index (χ2n) is 5.55. The molecule has 1 aliphatic rings. The van der Waals surface area contributed by atoms with Crippen molar-refractivity contribution in [3.63, 3.8) is 0 Å². The van der Waals surface area contributed by atoms with E-state index in [1.807, 2.05) is 13.8 Å². The first-order valence-corrected chi connectivity index (χ1v) is 6.39. The average molecular weight is 223 g/mol. The number of carbonyl (C=O) groups excluding carboxylic acids is 1. The molecule has 0 amide bonds. The van der Waals surface area contributed by atoms with E-state index in [0.717, 1.165) is 18.7 Å². The first kappa shape index (κ1) is 13.4. The van der Waals surface area contributed by atoms with Crippen LogP contribution in [0.2, 0.25) is 0 Å². The van der Waals surface area contributed by atoms with Crippen molar-refractivity contribution < 1.29 is 4.79 Å². The van der Waals surface area contributed by atoms with Crippen LogP contribution in [0.25, 0.3) is 0 Å². The zero-order chi connectivity index (χ0) is 12.2. The number of ketones is 1. The summed E-state index contributed by atoms with van der Waals surface area (Å²) in [4.78, 5) is 14.5. The van der Waals surface area contributed by atoms with Crippen LogP contribution in [0.1, 0.15) is 53.4 Å². The van der Waals surface area contributed by atoms with Gasteiger partial charge in [0.05, 0.1) is 5.54 Å². The maximum absolute atomic E-state index is 12.2. The third-order valence-electron chi connectivity index (χ3n) is 3.42. The SMILES string of the molecule is CC(C)=CC(=O)C(C)(C)N1CCCCCC1. The van der Waals surface area contributed by atoms with Crippen molar-refractivity contribution in [2.75, 3.05) is 13.1 Å². The van der Waals surface area contributed by atoms with Gasteiger partial charge in [0.25, 0.3) is 0 Å². The monoisotopic (exact) mass is 223 g/mol. The van der Waals surface area contributed by atoms with E-state index in [2.05, 4.69) is 18.7 Å². The van der Waals surface area contributed by atoms with E-state index in [4.69, 9.17) is 0 Å². The first-order chi connectivity index (χ1) is 7.44. The van der Waals surface area contributed by atoms with Gasteiger partial charge >= 0.3 is 0 Å². The van der Waals surface area contributed by atoms with E-state index < -0.39 is 0 Å². The molecule has 0 N–H and O–H groups in total. The molecule has 16 heavy (non-hydrogen) atoms. The van der Waals surface area contributed by atoms with Crippen LogP contribution in [0, 0.1) is 0 Å². The van der Waals surface area contributed by atoms with E-state index in [-0.39, 0.29) is 11.3 Å². The Bertz CT molecular complexity index is 266. The Morgan fingerprint density at radius 3 is 2.00 bits per heavy atom. The maximum atomic E-state index is 12.2. The predicted molar refractivity (Wildman–Crippen MR) is 68.6 cm³/mol. The summed E-state index contributed by atoms with van der Waals surface area (Å²) in [5.74, 6) is 0.245. The van der Waals surface area contributed by atoms with Crippen molar-refractivity contribution in [1.82, 2.24) is 4.90 Å². The number of likely N-dealkylation sites (tertiary alicyclic amines) is 1. The van der Waals surface area contributed by atoms with E-state index in [1.54, 1.807) is 6.08 Å². The maximum Gasteiger partial charge on any atom is 0.175 e. The summed E-state index contributed by atoms with van der Waals surface area (Å²) in [6.45, 7) is 10.2. The molecule has 0 atom stereocenters. The van der Waals surface area contributed by atoms with Gasteiger partial charge in [0.15, 0.2) is 5.78 Å². The molecule has 0 unspecified atom stereocenters. The Labute approximate surface area is 99.7 Å². The van der Waals surface area contributed by atoms with Crippen molar-refractivity contribution in [1.29, 1.82) is 0 Å². The van der Waals surface area contributed by atoms with Gasteiger partial charge in [-0.2, -0.15) is 0 Å². The summed E-state index contributed by atoms with van der Waals surface area (Å²) >= 11 is 0. The Morgan fingerprint density at radius 1 is 1.06 bits per heavy atom. The lowest BCUT2D eigenvalue weighted by atomic mass is 9.94. The molecular formula is C14H25NO. The third kappa shape index (κ3) is 3.44. The molecule has 0 spiro atoms. The number of hydrogen-bond donors (Lipinski definition) is 0. The number of hydrogen-bond acceptors (Lipinski definition) is 2. The molecule has 0 aliphatic carbocycles. The van der Waals surface area contributed by atoms with Crippen LogP contribution < -0.4 is 0 Å². The quantitative estimate of drug-likeness (QED) is 0.685. The summed E-state index contributed by atoms with van der Waals surface area (Å²) < 4.78 is 0. The van der Waals surface area contributed by atoms with Gasteiger partial charge in [-0.15, -0.1) is 0 Å². The zero-order valence-corrected chi connectivity index (χ0v) is 11.2. The third-order valence-corrected chi connectivity index (χ3v) is 3.42. The highest BCUT2D eigenvalue weighted by atomic mass is 16.1. The molecule has 1 fully saturated rings. The van der Waals surface area contributed by atoms with Crippen molar-refractivity contribution in [2.24, 2.45) is 0 Å². The fourth-order valence-electron chi connectivity index (χ4n) is 2.22. The predicted octanol–water partition coefficient (Wildman–Crippen LogP) is 3.18. The van der Waals surface area contributed by atoms with Crippen molar-refractivity contribution in [3.05, 3.63) is 11.6 Å². The second-order valence-corrected chi connectivity index (χ2v) is 5.55. The fourth-order valence-corrected chi connectivity index (χ4v) is 2.22. The van der Waals surface area contributed by atoms with E-state index in [1.165, 1.54) is 25.7 Å². The van der Waals surface area contributed by atoms with Crippen LogP contribution in [0.4, 0.5) is 0 Å². The summed E-state index contributed by atoms with van der Waals surface area (Å²) in [5.41, 5.74) is 0.759. The molecule has 0 saturated carbocycles. The summed E-state index contributed by atoms with van der Waals surface area (Å²) in [6.07, 6.45) is 6.86. The number of allylic oxidation sites excluding steroid dienone is 1. The second kappa shape index (κ2) is 5.62. The Balaban J connectivity index is 2.74. The summed E-state index contributed by atoms with van der Waals surface area (Å²) in [6, 6.07) is 0. The smallest absolute Gasteiger partial charge is 0.175 e. The van der Waals surface area contributed by atoms with Crippen molar-refractivity contribution in [2.45, 2.75) is 58.9 Å². The first-order valence-electron chi connectivity index (χ1n) is 6.39. The average Bonchev–Trinajstić information content (AvgIpc) is 2.44. The Morgan fingerprint density at radius 2 is 1.56 bits per heavy atom. The van der Waals surface area contributed by atoms with E-state index in [9.17, 15) is 4.79 Å². The Kier molecular flexibility index (Phi) is 4.72. The van der Waals surface area contributed by atoms with Gasteiger partial charge in [-0.05, 0) is 59.7 Å². The summed E-state index contributed by atoms with van der Waals surface area (Å²) in [7, 11) is 0. The largest absolute Gasteiger partial charge is 0.293 e. The molecule has 0 radical (unpaired) electrons. The molecule has 1 heterocycles. The normalized spacial score (nSPS) is 19.0. The van der Waals surface area contributed by atoms with Gasteiger partial charge in [-0.25, -0.2) is 0 Å². The van der Waals surface area contributed by atoms with Gasteiger partial charge in [0.2, 0.25) is 0 Å². The van der Waals surface area contributed by atoms with E-state index >= 15 is 0 Å². The van der Waals surface area contributed by atoms with E-state index in [0.29, 0.717) is 0 Å². The molecule has 0 aromatic rings. The molecule has 2 heteroatoms. The zero-order valence-electron chi connectivity index (χ0n) is 11.2. The highest BCUT2D eigenvalue weighted by Gasteiger charge is 2.32. The van der Waals surface area contributed by atoms with Crippen LogP contribution in [0.15, 0.2) is 11.6 Å². The highest BCUT2D eigenvalue weighted by molar-refractivity contribution is 5.97. The van der Waals surface area contributed by atoms with Crippen LogP contribution in [-0.4, -0.2) is 29.3 Å². The number of nitrogens with zero attached hydrogens (tertiary/aromatic N) is 1. The molecule has 92 valence electrons. The van der Waals surface area contributed by atoms with Crippen LogP contribution >= 0.6 is 0 Å².